The maximum absolute atomic E-state index is 2.45. The van der Waals surface area contributed by atoms with Gasteiger partial charge in [-0.1, -0.05) is 108 Å². The van der Waals surface area contributed by atoms with E-state index >= 15 is 0 Å². The van der Waals surface area contributed by atoms with Crippen molar-refractivity contribution in [3.63, 3.8) is 0 Å². The SMILES string of the molecule is CCCCCCCCCCCCCCC[NH2+]Cc1ccccc1.[Cl-]. The van der Waals surface area contributed by atoms with Crippen molar-refractivity contribution in [1.82, 2.24) is 0 Å². The molecule has 140 valence electrons. The molecule has 2 N–H and O–H groups in total. The summed E-state index contributed by atoms with van der Waals surface area (Å²) in [6.07, 6.45) is 18.7. The largest absolute Gasteiger partial charge is 1.00 e. The van der Waals surface area contributed by atoms with Gasteiger partial charge in [-0.3, -0.25) is 0 Å². The summed E-state index contributed by atoms with van der Waals surface area (Å²) in [6.45, 7) is 4.72. The van der Waals surface area contributed by atoms with Crippen molar-refractivity contribution in [2.24, 2.45) is 0 Å². The maximum atomic E-state index is 2.45. The number of hydrogen-bond acceptors (Lipinski definition) is 0. The van der Waals surface area contributed by atoms with Crippen molar-refractivity contribution in [1.29, 1.82) is 0 Å². The minimum atomic E-state index is 0. The van der Waals surface area contributed by atoms with Crippen LogP contribution < -0.4 is 17.7 Å². The number of hydrogen-bond donors (Lipinski definition) is 1. The van der Waals surface area contributed by atoms with Crippen LogP contribution in [0.2, 0.25) is 0 Å². The predicted octanol–water partition coefficient (Wildman–Crippen LogP) is 2.85. The average molecular weight is 354 g/mol. The van der Waals surface area contributed by atoms with E-state index < -0.39 is 0 Å². The van der Waals surface area contributed by atoms with Gasteiger partial charge in [0.15, 0.2) is 0 Å². The molecule has 0 amide bonds. The summed E-state index contributed by atoms with van der Waals surface area (Å²) in [5.74, 6) is 0. The molecule has 0 aliphatic rings. The molecule has 1 nitrogen and oxygen atoms in total. The molecule has 0 atom stereocenters. The predicted molar refractivity (Wildman–Crippen MR) is 103 cm³/mol. The zero-order chi connectivity index (χ0) is 16.4. The van der Waals surface area contributed by atoms with Crippen molar-refractivity contribution in [3.8, 4) is 0 Å². The lowest BCUT2D eigenvalue weighted by molar-refractivity contribution is -0.671. The van der Waals surface area contributed by atoms with E-state index in [9.17, 15) is 0 Å². The first-order valence-corrected chi connectivity index (χ1v) is 10.3. The van der Waals surface area contributed by atoms with Crippen molar-refractivity contribution in [2.45, 2.75) is 96.9 Å². The Morgan fingerprint density at radius 3 is 1.58 bits per heavy atom. The van der Waals surface area contributed by atoms with Crippen LogP contribution in [0.4, 0.5) is 0 Å². The summed E-state index contributed by atoms with van der Waals surface area (Å²) < 4.78 is 0. The third kappa shape index (κ3) is 15.0. The van der Waals surface area contributed by atoms with Gasteiger partial charge in [-0.15, -0.1) is 0 Å². The first-order valence-electron chi connectivity index (χ1n) is 10.3. The highest BCUT2D eigenvalue weighted by Crippen LogP contribution is 2.12. The lowest BCUT2D eigenvalue weighted by Crippen LogP contribution is -3.00. The molecule has 1 rings (SSSR count). The second-order valence-corrected chi connectivity index (χ2v) is 7.01. The fourth-order valence-electron chi connectivity index (χ4n) is 3.19. The van der Waals surface area contributed by atoms with Crippen molar-refractivity contribution < 1.29 is 17.7 Å². The molecule has 0 saturated carbocycles. The first kappa shape index (κ1) is 23.5. The fraction of sp³-hybridized carbons (Fsp3) is 0.727. The third-order valence-corrected chi connectivity index (χ3v) is 4.73. The first-order chi connectivity index (χ1) is 11.4. The number of nitrogens with two attached hydrogens (primary N) is 1. The normalized spacial score (nSPS) is 10.5. The van der Waals surface area contributed by atoms with Crippen molar-refractivity contribution in [3.05, 3.63) is 35.9 Å². The lowest BCUT2D eigenvalue weighted by Gasteiger charge is -2.03. The summed E-state index contributed by atoms with van der Waals surface area (Å²) in [7, 11) is 0. The Bertz CT molecular complexity index is 339. The van der Waals surface area contributed by atoms with Gasteiger partial charge in [-0.05, 0) is 12.8 Å². The Morgan fingerprint density at radius 1 is 0.625 bits per heavy atom. The molecule has 0 aliphatic carbocycles. The molecule has 0 bridgehead atoms. The number of unbranched alkanes of at least 4 members (excludes halogenated alkanes) is 12. The number of halogens is 1. The Labute approximate surface area is 157 Å². The molecule has 0 saturated heterocycles. The summed E-state index contributed by atoms with van der Waals surface area (Å²) >= 11 is 0. The molecule has 0 aliphatic heterocycles. The minimum Gasteiger partial charge on any atom is -1.00 e. The van der Waals surface area contributed by atoms with Crippen LogP contribution in [0.3, 0.4) is 0 Å². The third-order valence-electron chi connectivity index (χ3n) is 4.73. The molecule has 0 unspecified atom stereocenters. The van der Waals surface area contributed by atoms with Crippen LogP contribution in [0.25, 0.3) is 0 Å². The van der Waals surface area contributed by atoms with Crippen LogP contribution in [-0.4, -0.2) is 6.54 Å². The molecule has 24 heavy (non-hydrogen) atoms. The number of rotatable bonds is 16. The van der Waals surface area contributed by atoms with E-state index in [1.807, 2.05) is 0 Å². The highest BCUT2D eigenvalue weighted by atomic mass is 35.5. The van der Waals surface area contributed by atoms with Crippen LogP contribution >= 0.6 is 0 Å². The molecule has 0 heterocycles. The number of benzene rings is 1. The van der Waals surface area contributed by atoms with Gasteiger partial charge in [-0.25, -0.2) is 0 Å². The molecule has 0 radical (unpaired) electrons. The van der Waals surface area contributed by atoms with Gasteiger partial charge in [0.25, 0.3) is 0 Å². The van der Waals surface area contributed by atoms with E-state index in [1.54, 1.807) is 0 Å². The van der Waals surface area contributed by atoms with Crippen LogP contribution in [0, 0.1) is 0 Å². The minimum absolute atomic E-state index is 0. The van der Waals surface area contributed by atoms with E-state index in [0.29, 0.717) is 0 Å². The van der Waals surface area contributed by atoms with Crippen molar-refractivity contribution >= 4 is 0 Å². The quantitative estimate of drug-likeness (QED) is 0.440. The highest BCUT2D eigenvalue weighted by Gasteiger charge is 1.96. The van der Waals surface area contributed by atoms with Crippen molar-refractivity contribution in [2.75, 3.05) is 6.54 Å². The Morgan fingerprint density at radius 2 is 1.08 bits per heavy atom. The molecule has 2 heteroatoms. The second kappa shape index (κ2) is 18.8. The van der Waals surface area contributed by atoms with E-state index in [2.05, 4.69) is 42.6 Å². The molecular weight excluding hydrogens is 314 g/mol. The summed E-state index contributed by atoms with van der Waals surface area (Å²) in [5.41, 5.74) is 1.45. The van der Waals surface area contributed by atoms with E-state index in [0.717, 1.165) is 6.54 Å². The number of quaternary nitrogens is 1. The standard InChI is InChI=1S/C22H39N.ClH/c1-2-3-4-5-6-7-8-9-10-11-12-13-17-20-23-21-22-18-15-14-16-19-22;/h14-16,18-19,23H,2-13,17,20-21H2,1H3;1H. The Balaban J connectivity index is 0.00000529. The molecule has 0 aromatic heterocycles. The summed E-state index contributed by atoms with van der Waals surface area (Å²) in [6, 6.07) is 10.8. The van der Waals surface area contributed by atoms with Crippen LogP contribution in [0.1, 0.15) is 96.0 Å². The van der Waals surface area contributed by atoms with Crippen LogP contribution in [-0.2, 0) is 6.54 Å². The van der Waals surface area contributed by atoms with Gasteiger partial charge in [0.1, 0.15) is 6.54 Å². The molecule has 1 aromatic rings. The topological polar surface area (TPSA) is 16.6 Å². The van der Waals surface area contributed by atoms with E-state index in [4.69, 9.17) is 0 Å². The molecular formula is C22H40ClN. The fourth-order valence-corrected chi connectivity index (χ4v) is 3.19. The monoisotopic (exact) mass is 353 g/mol. The van der Waals surface area contributed by atoms with Crippen LogP contribution in [0.15, 0.2) is 30.3 Å². The average Bonchev–Trinajstić information content (AvgIpc) is 2.59. The summed E-state index contributed by atoms with van der Waals surface area (Å²) in [4.78, 5) is 0. The smallest absolute Gasteiger partial charge is 0.101 e. The van der Waals surface area contributed by atoms with Gasteiger partial charge in [0.05, 0.1) is 6.54 Å². The maximum Gasteiger partial charge on any atom is 0.101 e. The summed E-state index contributed by atoms with van der Waals surface area (Å²) in [5, 5.41) is 2.45. The zero-order valence-electron chi connectivity index (χ0n) is 15.9. The van der Waals surface area contributed by atoms with E-state index in [-0.39, 0.29) is 12.4 Å². The van der Waals surface area contributed by atoms with Gasteiger partial charge in [0.2, 0.25) is 0 Å². The van der Waals surface area contributed by atoms with E-state index in [1.165, 1.54) is 95.6 Å². The molecule has 1 aromatic carbocycles. The van der Waals surface area contributed by atoms with Gasteiger partial charge < -0.3 is 17.7 Å². The van der Waals surface area contributed by atoms with Crippen LogP contribution in [0.5, 0.6) is 0 Å². The Kier molecular flexibility index (Phi) is 18.4. The zero-order valence-corrected chi connectivity index (χ0v) is 16.7. The lowest BCUT2D eigenvalue weighted by atomic mass is 10.0. The van der Waals surface area contributed by atoms with Gasteiger partial charge in [-0.2, -0.15) is 0 Å². The second-order valence-electron chi connectivity index (χ2n) is 7.01. The highest BCUT2D eigenvalue weighted by molar-refractivity contribution is 5.12. The van der Waals surface area contributed by atoms with Gasteiger partial charge in [0, 0.05) is 5.56 Å². The Hall–Kier alpha value is -0.530. The van der Waals surface area contributed by atoms with Gasteiger partial charge >= 0.3 is 0 Å². The molecule has 0 fully saturated rings. The molecule has 0 spiro atoms.